The fourth-order valence-electron chi connectivity index (χ4n) is 2.58. The van der Waals surface area contributed by atoms with Crippen molar-refractivity contribution in [2.24, 2.45) is 0 Å². The van der Waals surface area contributed by atoms with Crippen LogP contribution in [0.15, 0.2) is 42.6 Å². The third kappa shape index (κ3) is 2.29. The van der Waals surface area contributed by atoms with Crippen molar-refractivity contribution >= 4 is 28.5 Å². The quantitative estimate of drug-likeness (QED) is 0.749. The largest absolute Gasteiger partial charge is 0.341 e. The molecule has 1 aromatic carbocycles. The zero-order valence-electron chi connectivity index (χ0n) is 10.7. The van der Waals surface area contributed by atoms with E-state index >= 15 is 0 Å². The number of fused-ring (bicyclic) bond motifs is 1. The van der Waals surface area contributed by atoms with E-state index in [4.69, 9.17) is 0 Å². The van der Waals surface area contributed by atoms with E-state index in [1.54, 1.807) is 0 Å². The SMILES string of the molecule is C[C@@H](c1ccccc1)N1CCn2cc(I)cc2C1=O. The smallest absolute Gasteiger partial charge is 0.271 e. The molecule has 0 fully saturated rings. The summed E-state index contributed by atoms with van der Waals surface area (Å²) in [6.45, 7) is 3.74. The molecule has 2 heterocycles. The van der Waals surface area contributed by atoms with Crippen LogP contribution < -0.4 is 0 Å². The number of aromatic nitrogens is 1. The number of hydrogen-bond acceptors (Lipinski definition) is 1. The Morgan fingerprint density at radius 1 is 1.21 bits per heavy atom. The van der Waals surface area contributed by atoms with Crippen LogP contribution in [0.4, 0.5) is 0 Å². The molecule has 1 aliphatic rings. The summed E-state index contributed by atoms with van der Waals surface area (Å²) in [5.41, 5.74) is 1.99. The van der Waals surface area contributed by atoms with Crippen molar-refractivity contribution in [3.05, 3.63) is 57.4 Å². The Hall–Kier alpha value is -1.30. The summed E-state index contributed by atoms with van der Waals surface area (Å²) in [7, 11) is 0. The van der Waals surface area contributed by atoms with E-state index in [0.29, 0.717) is 0 Å². The van der Waals surface area contributed by atoms with Gasteiger partial charge in [-0.25, -0.2) is 0 Å². The van der Waals surface area contributed by atoms with Crippen LogP contribution in [-0.4, -0.2) is 21.9 Å². The van der Waals surface area contributed by atoms with Crippen LogP contribution in [0.25, 0.3) is 0 Å². The number of carbonyl (C=O) groups is 1. The molecular formula is C15H15IN2O. The molecule has 0 saturated heterocycles. The molecule has 4 heteroatoms. The van der Waals surface area contributed by atoms with Gasteiger partial charge in [0, 0.05) is 22.9 Å². The molecule has 1 amide bonds. The molecule has 1 aliphatic heterocycles. The Balaban J connectivity index is 1.90. The van der Waals surface area contributed by atoms with Crippen LogP contribution in [0.2, 0.25) is 0 Å². The van der Waals surface area contributed by atoms with Gasteiger partial charge in [-0.1, -0.05) is 30.3 Å². The number of amides is 1. The van der Waals surface area contributed by atoms with Gasteiger partial charge in [0.05, 0.1) is 6.04 Å². The molecule has 98 valence electrons. The van der Waals surface area contributed by atoms with E-state index < -0.39 is 0 Å². The summed E-state index contributed by atoms with van der Waals surface area (Å²) in [6.07, 6.45) is 2.04. The number of nitrogens with zero attached hydrogens (tertiary/aromatic N) is 2. The van der Waals surface area contributed by atoms with Crippen molar-refractivity contribution in [2.75, 3.05) is 6.54 Å². The van der Waals surface area contributed by atoms with E-state index in [1.807, 2.05) is 35.4 Å². The highest BCUT2D eigenvalue weighted by Crippen LogP contribution is 2.26. The predicted molar refractivity (Wildman–Crippen MR) is 83.0 cm³/mol. The maximum absolute atomic E-state index is 12.5. The van der Waals surface area contributed by atoms with Crippen molar-refractivity contribution in [1.82, 2.24) is 9.47 Å². The lowest BCUT2D eigenvalue weighted by molar-refractivity contribution is 0.0632. The van der Waals surface area contributed by atoms with Gasteiger partial charge in [0.15, 0.2) is 0 Å². The number of benzene rings is 1. The lowest BCUT2D eigenvalue weighted by Crippen LogP contribution is -2.41. The topological polar surface area (TPSA) is 25.2 Å². The fourth-order valence-corrected chi connectivity index (χ4v) is 3.22. The summed E-state index contributed by atoms with van der Waals surface area (Å²) in [5, 5.41) is 0. The number of hydrogen-bond donors (Lipinski definition) is 0. The zero-order chi connectivity index (χ0) is 13.4. The lowest BCUT2D eigenvalue weighted by Gasteiger charge is -2.33. The van der Waals surface area contributed by atoms with Gasteiger partial charge in [0.1, 0.15) is 5.69 Å². The molecule has 2 aromatic rings. The second kappa shape index (κ2) is 5.00. The Labute approximate surface area is 126 Å². The molecule has 0 radical (unpaired) electrons. The van der Waals surface area contributed by atoms with Crippen molar-refractivity contribution in [3.63, 3.8) is 0 Å². The van der Waals surface area contributed by atoms with Crippen LogP contribution in [0, 0.1) is 3.57 Å². The van der Waals surface area contributed by atoms with Gasteiger partial charge in [-0.05, 0) is 41.1 Å². The molecule has 0 aliphatic carbocycles. The minimum Gasteiger partial charge on any atom is -0.341 e. The molecule has 0 saturated carbocycles. The highest BCUT2D eigenvalue weighted by molar-refractivity contribution is 14.1. The average molecular weight is 366 g/mol. The van der Waals surface area contributed by atoms with Crippen molar-refractivity contribution in [2.45, 2.75) is 19.5 Å². The van der Waals surface area contributed by atoms with E-state index in [1.165, 1.54) is 5.56 Å². The Morgan fingerprint density at radius 2 is 1.95 bits per heavy atom. The van der Waals surface area contributed by atoms with Crippen LogP contribution in [-0.2, 0) is 6.54 Å². The highest BCUT2D eigenvalue weighted by Gasteiger charge is 2.28. The first-order valence-corrected chi connectivity index (χ1v) is 7.46. The molecule has 19 heavy (non-hydrogen) atoms. The molecular weight excluding hydrogens is 351 g/mol. The zero-order valence-corrected chi connectivity index (χ0v) is 12.9. The van der Waals surface area contributed by atoms with Crippen LogP contribution in [0.1, 0.15) is 29.0 Å². The second-order valence-electron chi connectivity index (χ2n) is 4.82. The number of halogens is 1. The third-order valence-corrected chi connectivity index (χ3v) is 4.26. The number of carbonyl (C=O) groups excluding carboxylic acids is 1. The molecule has 3 rings (SSSR count). The van der Waals surface area contributed by atoms with Gasteiger partial charge in [-0.3, -0.25) is 4.79 Å². The monoisotopic (exact) mass is 366 g/mol. The van der Waals surface area contributed by atoms with E-state index in [-0.39, 0.29) is 11.9 Å². The normalized spacial score (nSPS) is 16.3. The van der Waals surface area contributed by atoms with Crippen molar-refractivity contribution in [1.29, 1.82) is 0 Å². The minimum atomic E-state index is 0.120. The van der Waals surface area contributed by atoms with Crippen LogP contribution in [0.3, 0.4) is 0 Å². The summed E-state index contributed by atoms with van der Waals surface area (Å²) >= 11 is 2.26. The maximum atomic E-state index is 12.5. The predicted octanol–water partition coefficient (Wildman–Crippen LogP) is 3.31. The molecule has 0 spiro atoms. The highest BCUT2D eigenvalue weighted by atomic mass is 127. The van der Waals surface area contributed by atoms with Crippen LogP contribution >= 0.6 is 22.6 Å². The lowest BCUT2D eigenvalue weighted by atomic mass is 10.1. The second-order valence-corrected chi connectivity index (χ2v) is 6.07. The molecule has 1 aromatic heterocycles. The van der Waals surface area contributed by atoms with Crippen molar-refractivity contribution < 1.29 is 4.79 Å². The van der Waals surface area contributed by atoms with Gasteiger partial charge in [0.2, 0.25) is 0 Å². The molecule has 3 nitrogen and oxygen atoms in total. The van der Waals surface area contributed by atoms with E-state index in [2.05, 4.69) is 46.2 Å². The Kier molecular flexibility index (Phi) is 3.35. The summed E-state index contributed by atoms with van der Waals surface area (Å²) < 4.78 is 3.17. The van der Waals surface area contributed by atoms with Crippen molar-refractivity contribution in [3.8, 4) is 0 Å². The molecule has 1 atom stereocenters. The van der Waals surface area contributed by atoms with Gasteiger partial charge in [0.25, 0.3) is 5.91 Å². The first-order valence-electron chi connectivity index (χ1n) is 6.38. The third-order valence-electron chi connectivity index (χ3n) is 3.67. The fraction of sp³-hybridized carbons (Fsp3) is 0.267. The van der Waals surface area contributed by atoms with Gasteiger partial charge in [-0.15, -0.1) is 0 Å². The van der Waals surface area contributed by atoms with Gasteiger partial charge in [-0.2, -0.15) is 0 Å². The van der Waals surface area contributed by atoms with E-state index in [0.717, 1.165) is 22.4 Å². The average Bonchev–Trinajstić information content (AvgIpc) is 2.81. The molecule has 0 N–H and O–H groups in total. The summed E-state index contributed by atoms with van der Waals surface area (Å²) in [4.78, 5) is 14.5. The van der Waals surface area contributed by atoms with Gasteiger partial charge < -0.3 is 9.47 Å². The minimum absolute atomic E-state index is 0.120. The number of rotatable bonds is 2. The Bertz CT molecular complexity index is 606. The summed E-state index contributed by atoms with van der Waals surface area (Å²) in [5.74, 6) is 0.130. The van der Waals surface area contributed by atoms with Gasteiger partial charge >= 0.3 is 0 Å². The first-order chi connectivity index (χ1) is 9.16. The van der Waals surface area contributed by atoms with Crippen LogP contribution in [0.5, 0.6) is 0 Å². The maximum Gasteiger partial charge on any atom is 0.271 e. The molecule has 0 unspecified atom stereocenters. The van der Waals surface area contributed by atoms with E-state index in [9.17, 15) is 4.79 Å². The summed E-state index contributed by atoms with van der Waals surface area (Å²) in [6, 6.07) is 12.3. The standard InChI is InChI=1S/C15H15IN2O/c1-11(12-5-3-2-4-6-12)18-8-7-17-10-13(16)9-14(17)15(18)19/h2-6,9-11H,7-8H2,1H3/t11-/m0/s1. The first kappa shape index (κ1) is 12.7. The molecule has 0 bridgehead atoms. The Morgan fingerprint density at radius 3 is 2.68 bits per heavy atom.